The molecule has 4 aromatic rings. The van der Waals surface area contributed by atoms with Gasteiger partial charge in [-0.3, -0.25) is 0 Å². The third-order valence-electron chi connectivity index (χ3n) is 5.97. The molecular weight excluding hydrogens is 412 g/mol. The Morgan fingerprint density at radius 3 is 2.72 bits per heavy atom. The SMILES string of the molecule is COc1cc(C(=O)O)cc2nc(-c3cc4cccc5c4n3CCN5CCCO)n(OC)c12. The molecule has 0 amide bonds. The van der Waals surface area contributed by atoms with Gasteiger partial charge in [0.15, 0.2) is 5.82 Å². The fourth-order valence-corrected chi connectivity index (χ4v) is 4.58. The molecule has 166 valence electrons. The number of hydrogen-bond donors (Lipinski definition) is 2. The van der Waals surface area contributed by atoms with Gasteiger partial charge in [-0.15, -0.1) is 0 Å². The molecule has 0 atom stereocenters. The third kappa shape index (κ3) is 2.96. The quantitative estimate of drug-likeness (QED) is 0.459. The predicted molar refractivity (Wildman–Crippen MR) is 121 cm³/mol. The van der Waals surface area contributed by atoms with Gasteiger partial charge in [-0.2, -0.15) is 4.73 Å². The Morgan fingerprint density at radius 2 is 2.00 bits per heavy atom. The minimum absolute atomic E-state index is 0.102. The molecule has 32 heavy (non-hydrogen) atoms. The molecule has 0 unspecified atom stereocenters. The minimum atomic E-state index is -1.05. The highest BCUT2D eigenvalue weighted by Crippen LogP contribution is 2.38. The summed E-state index contributed by atoms with van der Waals surface area (Å²) < 4.78 is 9.29. The molecule has 0 radical (unpaired) electrons. The number of para-hydroxylation sites is 1. The maximum atomic E-state index is 11.6. The van der Waals surface area contributed by atoms with E-state index >= 15 is 0 Å². The molecule has 2 N–H and O–H groups in total. The lowest BCUT2D eigenvalue weighted by Crippen LogP contribution is -2.33. The first kappa shape index (κ1) is 20.2. The number of fused-ring (bicyclic) bond motifs is 1. The van der Waals surface area contributed by atoms with Gasteiger partial charge in [-0.1, -0.05) is 12.1 Å². The average molecular weight is 436 g/mol. The number of aromatic carboxylic acids is 1. The molecule has 0 aliphatic carbocycles. The Labute approximate surface area is 184 Å². The van der Waals surface area contributed by atoms with Crippen LogP contribution in [0.1, 0.15) is 16.8 Å². The number of aliphatic hydroxyl groups excluding tert-OH is 1. The highest BCUT2D eigenvalue weighted by Gasteiger charge is 2.26. The average Bonchev–Trinajstić information content (AvgIpc) is 3.37. The number of rotatable bonds is 7. The van der Waals surface area contributed by atoms with Gasteiger partial charge in [0, 0.05) is 31.6 Å². The minimum Gasteiger partial charge on any atom is -0.494 e. The van der Waals surface area contributed by atoms with Crippen molar-refractivity contribution >= 4 is 33.6 Å². The lowest BCUT2D eigenvalue weighted by atomic mass is 10.1. The molecule has 0 saturated heterocycles. The van der Waals surface area contributed by atoms with Gasteiger partial charge in [0.2, 0.25) is 0 Å². The Morgan fingerprint density at radius 1 is 1.16 bits per heavy atom. The summed E-state index contributed by atoms with van der Waals surface area (Å²) in [5, 5.41) is 19.8. The summed E-state index contributed by atoms with van der Waals surface area (Å²) in [6.07, 6.45) is 0.717. The van der Waals surface area contributed by atoms with E-state index in [-0.39, 0.29) is 12.2 Å². The van der Waals surface area contributed by atoms with Crippen LogP contribution in [-0.4, -0.2) is 64.4 Å². The van der Waals surface area contributed by atoms with E-state index in [1.54, 1.807) is 11.8 Å². The van der Waals surface area contributed by atoms with Crippen LogP contribution in [0.25, 0.3) is 33.5 Å². The van der Waals surface area contributed by atoms with E-state index < -0.39 is 5.97 Å². The number of carboxylic acids is 1. The zero-order valence-corrected chi connectivity index (χ0v) is 17.9. The summed E-state index contributed by atoms with van der Waals surface area (Å²) in [6, 6.07) is 11.3. The second-order valence-electron chi connectivity index (χ2n) is 7.72. The molecule has 2 aromatic carbocycles. The summed E-state index contributed by atoms with van der Waals surface area (Å²) in [5.41, 5.74) is 4.28. The van der Waals surface area contributed by atoms with Crippen LogP contribution in [0, 0.1) is 0 Å². The molecule has 1 aliphatic heterocycles. The molecule has 5 rings (SSSR count). The van der Waals surface area contributed by atoms with Crippen molar-refractivity contribution in [3.63, 3.8) is 0 Å². The van der Waals surface area contributed by atoms with Crippen molar-refractivity contribution in [2.24, 2.45) is 0 Å². The second-order valence-corrected chi connectivity index (χ2v) is 7.72. The van der Waals surface area contributed by atoms with Crippen LogP contribution in [0.3, 0.4) is 0 Å². The molecule has 0 fully saturated rings. The number of carboxylic acid groups (broad SMARTS) is 1. The van der Waals surface area contributed by atoms with Gasteiger partial charge in [0.25, 0.3) is 0 Å². The number of benzene rings is 2. The lowest BCUT2D eigenvalue weighted by Gasteiger charge is -2.31. The maximum Gasteiger partial charge on any atom is 0.335 e. The van der Waals surface area contributed by atoms with E-state index in [0.717, 1.165) is 48.3 Å². The van der Waals surface area contributed by atoms with Crippen LogP contribution in [0.4, 0.5) is 5.69 Å². The fourth-order valence-electron chi connectivity index (χ4n) is 4.58. The number of nitrogens with zero attached hydrogens (tertiary/aromatic N) is 4. The summed E-state index contributed by atoms with van der Waals surface area (Å²) in [5.74, 6) is -0.0877. The highest BCUT2D eigenvalue weighted by molar-refractivity contribution is 5.99. The first-order valence-electron chi connectivity index (χ1n) is 10.4. The van der Waals surface area contributed by atoms with Crippen molar-refractivity contribution in [2.75, 3.05) is 38.8 Å². The predicted octanol–water partition coefficient (Wildman–Crippen LogP) is 2.63. The third-order valence-corrected chi connectivity index (χ3v) is 5.97. The monoisotopic (exact) mass is 436 g/mol. The first-order valence-corrected chi connectivity index (χ1v) is 10.4. The van der Waals surface area contributed by atoms with Crippen LogP contribution in [0.15, 0.2) is 36.4 Å². The molecule has 0 spiro atoms. The van der Waals surface area contributed by atoms with Gasteiger partial charge in [0.1, 0.15) is 18.4 Å². The number of carbonyl (C=O) groups is 1. The van der Waals surface area contributed by atoms with Gasteiger partial charge in [-0.25, -0.2) is 9.78 Å². The number of ether oxygens (including phenoxy) is 1. The number of imidazole rings is 1. The molecular formula is C23H24N4O5. The van der Waals surface area contributed by atoms with Crippen LogP contribution in [0.5, 0.6) is 5.75 Å². The van der Waals surface area contributed by atoms with E-state index in [2.05, 4.69) is 27.7 Å². The van der Waals surface area contributed by atoms with E-state index in [1.165, 1.54) is 19.2 Å². The Kier molecular flexibility index (Phi) is 4.90. The summed E-state index contributed by atoms with van der Waals surface area (Å²) in [7, 11) is 3.05. The van der Waals surface area contributed by atoms with Gasteiger partial charge in [-0.05, 0) is 30.7 Å². The zero-order chi connectivity index (χ0) is 22.4. The first-order chi connectivity index (χ1) is 15.6. The molecule has 9 heteroatoms. The van der Waals surface area contributed by atoms with Crippen molar-refractivity contribution in [1.82, 2.24) is 14.3 Å². The smallest absolute Gasteiger partial charge is 0.335 e. The summed E-state index contributed by atoms with van der Waals surface area (Å²) in [4.78, 5) is 24.3. The Balaban J connectivity index is 1.74. The van der Waals surface area contributed by atoms with Gasteiger partial charge < -0.3 is 29.3 Å². The number of anilines is 1. The van der Waals surface area contributed by atoms with Crippen molar-refractivity contribution in [3.05, 3.63) is 42.0 Å². The van der Waals surface area contributed by atoms with Crippen LogP contribution >= 0.6 is 0 Å². The largest absolute Gasteiger partial charge is 0.494 e. The Hall–Kier alpha value is -3.72. The molecule has 2 aromatic heterocycles. The van der Waals surface area contributed by atoms with E-state index in [9.17, 15) is 15.0 Å². The van der Waals surface area contributed by atoms with E-state index in [0.29, 0.717) is 22.6 Å². The number of hydrogen-bond acceptors (Lipinski definition) is 6. The van der Waals surface area contributed by atoms with Crippen LogP contribution < -0.4 is 14.5 Å². The topological polar surface area (TPSA) is 102 Å². The standard InChI is InChI=1S/C23H24N4O5/c1-31-19-13-15(23(29)30)11-16-21(19)27(32-2)22(24-16)18-12-14-5-3-6-17-20(14)26(18)9-8-25(17)7-4-10-28/h3,5-6,11-13,28H,4,7-10H2,1-2H3,(H,29,30). The van der Waals surface area contributed by atoms with Crippen molar-refractivity contribution in [2.45, 2.75) is 13.0 Å². The van der Waals surface area contributed by atoms with E-state index in [1.807, 2.05) is 6.07 Å². The number of methoxy groups -OCH3 is 1. The second kappa shape index (κ2) is 7.76. The van der Waals surface area contributed by atoms with Gasteiger partial charge >= 0.3 is 5.97 Å². The van der Waals surface area contributed by atoms with Crippen molar-refractivity contribution in [1.29, 1.82) is 0 Å². The maximum absolute atomic E-state index is 11.6. The summed E-state index contributed by atoms with van der Waals surface area (Å²) in [6.45, 7) is 2.53. The number of aromatic nitrogens is 3. The molecule has 0 saturated carbocycles. The molecule has 1 aliphatic rings. The fraction of sp³-hybridized carbons (Fsp3) is 0.304. The molecule has 9 nitrogen and oxygen atoms in total. The molecule has 3 heterocycles. The van der Waals surface area contributed by atoms with Crippen molar-refractivity contribution < 1.29 is 24.6 Å². The Bertz CT molecular complexity index is 1340. The van der Waals surface area contributed by atoms with E-state index in [4.69, 9.17) is 14.6 Å². The lowest BCUT2D eigenvalue weighted by molar-refractivity contribution is 0.0696. The molecule has 0 bridgehead atoms. The van der Waals surface area contributed by atoms with Crippen LogP contribution in [-0.2, 0) is 6.54 Å². The summed E-state index contributed by atoms with van der Waals surface area (Å²) >= 11 is 0. The number of aliphatic hydroxyl groups is 1. The highest BCUT2D eigenvalue weighted by atomic mass is 16.6. The normalized spacial score (nSPS) is 13.2. The van der Waals surface area contributed by atoms with Crippen LogP contribution in [0.2, 0.25) is 0 Å². The zero-order valence-electron chi connectivity index (χ0n) is 17.9. The van der Waals surface area contributed by atoms with Crippen molar-refractivity contribution in [3.8, 4) is 17.3 Å². The van der Waals surface area contributed by atoms with Gasteiger partial charge in [0.05, 0.1) is 35.1 Å².